The molecule has 0 radical (unpaired) electrons. The SMILES string of the molecule is COc1ccc(NC(=O)C2CNC(=O)N(Cc3ccccc3F)C2=O)c(OC)c1. The summed E-state index contributed by atoms with van der Waals surface area (Å²) in [6, 6.07) is 9.95. The first-order valence-corrected chi connectivity index (χ1v) is 8.80. The molecule has 2 N–H and O–H groups in total. The molecule has 0 aromatic heterocycles. The van der Waals surface area contributed by atoms with Crippen LogP contribution < -0.4 is 20.1 Å². The summed E-state index contributed by atoms with van der Waals surface area (Å²) in [5, 5.41) is 5.13. The van der Waals surface area contributed by atoms with Crippen molar-refractivity contribution < 1.29 is 28.2 Å². The standard InChI is InChI=1S/C20H20FN3O5/c1-28-13-7-8-16(17(9-13)29-2)23-18(25)14-10-22-20(27)24(19(14)26)11-12-5-3-4-6-15(12)21/h3-9,14H,10-11H2,1-2H3,(H,22,27)(H,23,25). The number of anilines is 1. The first kappa shape index (κ1) is 20.1. The minimum absolute atomic E-state index is 0.157. The lowest BCUT2D eigenvalue weighted by molar-refractivity contribution is -0.139. The van der Waals surface area contributed by atoms with E-state index in [2.05, 4.69) is 10.6 Å². The molecule has 1 fully saturated rings. The molecular weight excluding hydrogens is 381 g/mol. The fourth-order valence-electron chi connectivity index (χ4n) is 2.93. The number of amides is 4. The Balaban J connectivity index is 1.77. The van der Waals surface area contributed by atoms with E-state index in [0.717, 1.165) is 4.90 Å². The minimum atomic E-state index is -1.16. The topological polar surface area (TPSA) is 97.0 Å². The molecule has 2 aromatic rings. The fourth-order valence-corrected chi connectivity index (χ4v) is 2.93. The molecule has 1 atom stereocenters. The number of carbonyl (C=O) groups is 3. The van der Waals surface area contributed by atoms with Gasteiger partial charge in [-0.15, -0.1) is 0 Å². The van der Waals surface area contributed by atoms with Crippen molar-refractivity contribution in [1.29, 1.82) is 0 Å². The van der Waals surface area contributed by atoms with Crippen LogP contribution in [0.3, 0.4) is 0 Å². The maximum absolute atomic E-state index is 13.9. The van der Waals surface area contributed by atoms with Gasteiger partial charge in [-0.25, -0.2) is 9.18 Å². The maximum atomic E-state index is 13.9. The summed E-state index contributed by atoms with van der Waals surface area (Å²) < 4.78 is 24.3. The summed E-state index contributed by atoms with van der Waals surface area (Å²) in [4.78, 5) is 38.4. The van der Waals surface area contributed by atoms with Crippen LogP contribution in [0.4, 0.5) is 14.9 Å². The summed E-state index contributed by atoms with van der Waals surface area (Å²) in [5.74, 6) is -2.13. The van der Waals surface area contributed by atoms with Gasteiger partial charge in [-0.3, -0.25) is 14.5 Å². The van der Waals surface area contributed by atoms with Gasteiger partial charge in [0.15, 0.2) is 0 Å². The van der Waals surface area contributed by atoms with E-state index < -0.39 is 29.6 Å². The Morgan fingerprint density at radius 2 is 1.97 bits per heavy atom. The molecule has 1 heterocycles. The minimum Gasteiger partial charge on any atom is -0.497 e. The molecule has 1 unspecified atom stereocenters. The number of nitrogens with one attached hydrogen (secondary N) is 2. The summed E-state index contributed by atoms with van der Waals surface area (Å²) in [5.41, 5.74) is 0.525. The van der Waals surface area contributed by atoms with Crippen molar-refractivity contribution >= 4 is 23.5 Å². The summed E-state index contributed by atoms with van der Waals surface area (Å²) in [6.45, 7) is -0.428. The number of ether oxygens (including phenoxy) is 2. The molecule has 0 saturated carbocycles. The third kappa shape index (κ3) is 4.29. The average molecular weight is 401 g/mol. The molecule has 1 aliphatic rings. The van der Waals surface area contributed by atoms with Gasteiger partial charge in [0.05, 0.1) is 26.5 Å². The average Bonchev–Trinajstić information content (AvgIpc) is 2.72. The van der Waals surface area contributed by atoms with Crippen LogP contribution in [0.15, 0.2) is 42.5 Å². The predicted molar refractivity (Wildman–Crippen MR) is 102 cm³/mol. The highest BCUT2D eigenvalue weighted by Gasteiger charge is 2.39. The summed E-state index contributed by atoms with van der Waals surface area (Å²) in [7, 11) is 2.94. The van der Waals surface area contributed by atoms with Crippen LogP contribution in [-0.4, -0.2) is 43.5 Å². The zero-order valence-corrected chi connectivity index (χ0v) is 15.9. The second kappa shape index (κ2) is 8.59. The number of urea groups is 1. The number of halogens is 1. The lowest BCUT2D eigenvalue weighted by Gasteiger charge is -2.31. The number of hydrogen-bond donors (Lipinski definition) is 2. The van der Waals surface area contributed by atoms with Crippen molar-refractivity contribution in [2.75, 3.05) is 26.1 Å². The van der Waals surface area contributed by atoms with Gasteiger partial charge >= 0.3 is 6.03 Å². The fraction of sp³-hybridized carbons (Fsp3) is 0.250. The molecule has 152 valence electrons. The Hall–Kier alpha value is -3.62. The van der Waals surface area contributed by atoms with Crippen molar-refractivity contribution in [3.8, 4) is 11.5 Å². The maximum Gasteiger partial charge on any atom is 0.324 e. The molecular formula is C20H20FN3O5. The van der Waals surface area contributed by atoms with Gasteiger partial charge in [0.2, 0.25) is 11.8 Å². The Bertz CT molecular complexity index is 949. The zero-order valence-electron chi connectivity index (χ0n) is 15.9. The van der Waals surface area contributed by atoms with Crippen LogP contribution in [0.1, 0.15) is 5.56 Å². The molecule has 8 nitrogen and oxygen atoms in total. The highest BCUT2D eigenvalue weighted by Crippen LogP contribution is 2.29. The zero-order chi connectivity index (χ0) is 21.0. The van der Waals surface area contributed by atoms with Crippen molar-refractivity contribution in [1.82, 2.24) is 10.2 Å². The van der Waals surface area contributed by atoms with Crippen molar-refractivity contribution in [3.05, 3.63) is 53.8 Å². The van der Waals surface area contributed by atoms with Gasteiger partial charge in [-0.05, 0) is 18.2 Å². The van der Waals surface area contributed by atoms with Crippen LogP contribution >= 0.6 is 0 Å². The molecule has 29 heavy (non-hydrogen) atoms. The van der Waals surface area contributed by atoms with Crippen molar-refractivity contribution in [3.63, 3.8) is 0 Å². The first-order valence-electron chi connectivity index (χ1n) is 8.80. The van der Waals surface area contributed by atoms with Crippen molar-refractivity contribution in [2.24, 2.45) is 5.92 Å². The molecule has 0 aliphatic carbocycles. The monoisotopic (exact) mass is 401 g/mol. The highest BCUT2D eigenvalue weighted by molar-refractivity contribution is 6.12. The molecule has 9 heteroatoms. The number of hydrogen-bond acceptors (Lipinski definition) is 5. The lowest BCUT2D eigenvalue weighted by Crippen LogP contribution is -2.57. The van der Waals surface area contributed by atoms with Crippen LogP contribution in [0.5, 0.6) is 11.5 Å². The Morgan fingerprint density at radius 3 is 2.66 bits per heavy atom. The Kier molecular flexibility index (Phi) is 5.96. The quantitative estimate of drug-likeness (QED) is 0.723. The molecule has 2 aromatic carbocycles. The number of methoxy groups -OCH3 is 2. The number of rotatable bonds is 6. The largest absolute Gasteiger partial charge is 0.497 e. The molecule has 1 aliphatic heterocycles. The normalized spacial score (nSPS) is 16.2. The first-order chi connectivity index (χ1) is 13.9. The number of nitrogens with zero attached hydrogens (tertiary/aromatic N) is 1. The van der Waals surface area contributed by atoms with Crippen molar-refractivity contribution in [2.45, 2.75) is 6.54 Å². The van der Waals surface area contributed by atoms with Gasteiger partial charge in [-0.1, -0.05) is 18.2 Å². The third-order valence-electron chi connectivity index (χ3n) is 4.54. The van der Waals surface area contributed by atoms with Crippen LogP contribution in [0.25, 0.3) is 0 Å². The van der Waals surface area contributed by atoms with E-state index in [9.17, 15) is 18.8 Å². The number of carbonyl (C=O) groups excluding carboxylic acids is 3. The number of imide groups is 1. The summed E-state index contributed by atoms with van der Waals surface area (Å²) >= 11 is 0. The van der Waals surface area contributed by atoms with E-state index in [0.29, 0.717) is 17.2 Å². The highest BCUT2D eigenvalue weighted by atomic mass is 19.1. The Labute approximate surface area is 166 Å². The van der Waals surface area contributed by atoms with Crippen LogP contribution in [0.2, 0.25) is 0 Å². The second-order valence-electron chi connectivity index (χ2n) is 6.31. The molecule has 1 saturated heterocycles. The van der Waals surface area contributed by atoms with Crippen LogP contribution in [-0.2, 0) is 16.1 Å². The van der Waals surface area contributed by atoms with E-state index >= 15 is 0 Å². The van der Waals surface area contributed by atoms with Gasteiger partial charge in [0.25, 0.3) is 0 Å². The molecule has 3 rings (SSSR count). The predicted octanol–water partition coefficient (Wildman–Crippen LogP) is 2.15. The van der Waals surface area contributed by atoms with Gasteiger partial charge < -0.3 is 20.1 Å². The van der Waals surface area contributed by atoms with E-state index in [4.69, 9.17) is 9.47 Å². The van der Waals surface area contributed by atoms with E-state index in [-0.39, 0.29) is 18.7 Å². The summed E-state index contributed by atoms with van der Waals surface area (Å²) in [6.07, 6.45) is 0. The second-order valence-corrected chi connectivity index (χ2v) is 6.31. The third-order valence-corrected chi connectivity index (χ3v) is 4.54. The van der Waals surface area contributed by atoms with E-state index in [1.54, 1.807) is 24.3 Å². The van der Waals surface area contributed by atoms with Gasteiger partial charge in [0.1, 0.15) is 23.2 Å². The molecule has 4 amide bonds. The molecule has 0 spiro atoms. The molecule has 0 bridgehead atoms. The van der Waals surface area contributed by atoms with Gasteiger partial charge in [0, 0.05) is 18.2 Å². The van der Waals surface area contributed by atoms with E-state index in [1.807, 2.05) is 0 Å². The van der Waals surface area contributed by atoms with E-state index in [1.165, 1.54) is 32.4 Å². The van der Waals surface area contributed by atoms with Gasteiger partial charge in [-0.2, -0.15) is 0 Å². The number of benzene rings is 2. The van der Waals surface area contributed by atoms with Crippen LogP contribution in [0, 0.1) is 11.7 Å². The lowest BCUT2D eigenvalue weighted by atomic mass is 10.0. The smallest absolute Gasteiger partial charge is 0.324 e. The Morgan fingerprint density at radius 1 is 1.21 bits per heavy atom.